The van der Waals surface area contributed by atoms with Crippen molar-refractivity contribution in [1.29, 1.82) is 0 Å². The number of aryl methyl sites for hydroxylation is 1. The first kappa shape index (κ1) is 19.8. The van der Waals surface area contributed by atoms with Crippen molar-refractivity contribution in [2.75, 3.05) is 18.4 Å². The van der Waals surface area contributed by atoms with Gasteiger partial charge in [0.05, 0.1) is 28.7 Å². The lowest BCUT2D eigenvalue weighted by molar-refractivity contribution is 0.240. The number of hydrogen-bond acceptors (Lipinski definition) is 7. The van der Waals surface area contributed by atoms with Crippen molar-refractivity contribution in [2.45, 2.75) is 38.5 Å². The van der Waals surface area contributed by atoms with Crippen LogP contribution in [0.3, 0.4) is 0 Å². The summed E-state index contributed by atoms with van der Waals surface area (Å²) in [6.45, 7) is 5.20. The lowest BCUT2D eigenvalue weighted by Crippen LogP contribution is -2.44. The molecular formula is C18H26N8O2S. The highest BCUT2D eigenvalue weighted by Gasteiger charge is 2.31. The Morgan fingerprint density at radius 1 is 1.24 bits per heavy atom. The Bertz CT molecular complexity index is 1100. The topological polar surface area (TPSA) is 111 Å². The molecule has 0 aliphatic carbocycles. The van der Waals surface area contributed by atoms with Gasteiger partial charge in [0.25, 0.3) is 0 Å². The van der Waals surface area contributed by atoms with Gasteiger partial charge in [-0.1, -0.05) is 0 Å². The van der Waals surface area contributed by atoms with Gasteiger partial charge in [-0.05, 0) is 32.6 Å². The highest BCUT2D eigenvalue weighted by molar-refractivity contribution is 7.89. The van der Waals surface area contributed by atoms with Crippen LogP contribution in [0.15, 0.2) is 24.8 Å². The smallest absolute Gasteiger partial charge is 0.229 e. The van der Waals surface area contributed by atoms with Crippen LogP contribution in [0.4, 0.5) is 11.6 Å². The van der Waals surface area contributed by atoms with Crippen molar-refractivity contribution in [3.05, 3.63) is 24.8 Å². The largest absolute Gasteiger partial charge is 0.321 e. The van der Waals surface area contributed by atoms with Crippen LogP contribution >= 0.6 is 0 Å². The SMILES string of the molecule is CC(C)S(=O)(=O)N1CCCC(Cn2ncc3cnc(Nc4cnn(C)c4)nc32)C1. The fraction of sp³-hybridized carbons (Fsp3) is 0.556. The molecule has 1 atom stereocenters. The Kier molecular flexibility index (Phi) is 5.26. The zero-order valence-corrected chi connectivity index (χ0v) is 17.7. The summed E-state index contributed by atoms with van der Waals surface area (Å²) in [4.78, 5) is 8.95. The predicted molar refractivity (Wildman–Crippen MR) is 110 cm³/mol. The van der Waals surface area contributed by atoms with Crippen LogP contribution < -0.4 is 5.32 Å². The maximum atomic E-state index is 12.5. The predicted octanol–water partition coefficient (Wildman–Crippen LogP) is 1.75. The number of aromatic nitrogens is 6. The van der Waals surface area contributed by atoms with Crippen LogP contribution in [0.5, 0.6) is 0 Å². The zero-order valence-electron chi connectivity index (χ0n) is 16.9. The fourth-order valence-electron chi connectivity index (χ4n) is 3.62. The van der Waals surface area contributed by atoms with Crippen molar-refractivity contribution in [2.24, 2.45) is 13.0 Å². The van der Waals surface area contributed by atoms with Gasteiger partial charge in [0.15, 0.2) is 5.65 Å². The molecule has 11 heteroatoms. The number of sulfonamides is 1. The van der Waals surface area contributed by atoms with Crippen LogP contribution in [0.2, 0.25) is 0 Å². The molecule has 4 rings (SSSR count). The van der Waals surface area contributed by atoms with Crippen molar-refractivity contribution in [1.82, 2.24) is 33.8 Å². The molecule has 0 bridgehead atoms. The summed E-state index contributed by atoms with van der Waals surface area (Å²) in [6, 6.07) is 0. The summed E-state index contributed by atoms with van der Waals surface area (Å²) in [7, 11) is -1.39. The van der Waals surface area contributed by atoms with Gasteiger partial charge < -0.3 is 5.32 Å². The molecule has 1 N–H and O–H groups in total. The van der Waals surface area contributed by atoms with Gasteiger partial charge in [-0.3, -0.25) is 4.68 Å². The summed E-state index contributed by atoms with van der Waals surface area (Å²) in [6.07, 6.45) is 8.86. The molecule has 0 aromatic carbocycles. The number of nitrogens with zero attached hydrogens (tertiary/aromatic N) is 7. The first-order valence-corrected chi connectivity index (χ1v) is 11.3. The van der Waals surface area contributed by atoms with Crippen molar-refractivity contribution in [3.8, 4) is 0 Å². The molecule has 0 amide bonds. The molecule has 1 unspecified atom stereocenters. The summed E-state index contributed by atoms with van der Waals surface area (Å²) < 4.78 is 30.2. The van der Waals surface area contributed by atoms with Crippen molar-refractivity contribution in [3.63, 3.8) is 0 Å². The van der Waals surface area contributed by atoms with E-state index in [4.69, 9.17) is 0 Å². The number of anilines is 2. The number of hydrogen-bond donors (Lipinski definition) is 1. The summed E-state index contributed by atoms with van der Waals surface area (Å²) >= 11 is 0. The Morgan fingerprint density at radius 3 is 2.79 bits per heavy atom. The van der Waals surface area contributed by atoms with Crippen molar-refractivity contribution < 1.29 is 8.42 Å². The average molecular weight is 419 g/mol. The van der Waals surface area contributed by atoms with E-state index in [-0.39, 0.29) is 5.92 Å². The standard InChI is InChI=1S/C18H26N8O2S/c1-13(2)29(27,28)25-6-4-5-14(10-25)11-26-17-15(8-21-26)7-19-18(23-17)22-16-9-20-24(3)12-16/h7-9,12-14H,4-6,10-11H2,1-3H3,(H,19,22,23). The molecule has 0 saturated carbocycles. The lowest BCUT2D eigenvalue weighted by Gasteiger charge is -2.33. The first-order valence-electron chi connectivity index (χ1n) is 9.76. The maximum Gasteiger partial charge on any atom is 0.229 e. The molecule has 3 aromatic rings. The van der Waals surface area contributed by atoms with E-state index in [0.29, 0.717) is 25.6 Å². The summed E-state index contributed by atoms with van der Waals surface area (Å²) in [5, 5.41) is 12.2. The molecule has 1 saturated heterocycles. The molecule has 1 aliphatic heterocycles. The van der Waals surface area contributed by atoms with Crippen LogP contribution in [0.25, 0.3) is 11.0 Å². The Morgan fingerprint density at radius 2 is 2.07 bits per heavy atom. The molecule has 4 heterocycles. The molecule has 1 fully saturated rings. The van der Waals surface area contributed by atoms with Crippen molar-refractivity contribution >= 4 is 32.7 Å². The van der Waals surface area contributed by atoms with E-state index in [1.165, 1.54) is 0 Å². The second kappa shape index (κ2) is 7.71. The number of fused-ring (bicyclic) bond motifs is 1. The van der Waals surface area contributed by atoms with Gasteiger partial charge in [0.1, 0.15) is 0 Å². The Labute approximate surface area is 170 Å². The number of nitrogens with one attached hydrogen (secondary N) is 1. The van der Waals surface area contributed by atoms with Crippen LogP contribution in [-0.4, -0.2) is 60.6 Å². The van der Waals surface area contributed by atoms with E-state index in [0.717, 1.165) is 29.6 Å². The second-order valence-electron chi connectivity index (χ2n) is 7.79. The average Bonchev–Trinajstić information content (AvgIpc) is 3.28. The molecule has 156 valence electrons. The minimum absolute atomic E-state index is 0.199. The minimum atomic E-state index is -3.23. The minimum Gasteiger partial charge on any atom is -0.321 e. The van der Waals surface area contributed by atoms with Crippen LogP contribution in [-0.2, 0) is 23.6 Å². The molecule has 0 radical (unpaired) electrons. The van der Waals surface area contributed by atoms with Gasteiger partial charge in [0.2, 0.25) is 16.0 Å². The van der Waals surface area contributed by atoms with E-state index in [1.807, 2.05) is 17.9 Å². The lowest BCUT2D eigenvalue weighted by atomic mass is 10.00. The van der Waals surface area contributed by atoms with Gasteiger partial charge in [-0.2, -0.15) is 15.2 Å². The normalized spacial score (nSPS) is 18.6. The third-order valence-electron chi connectivity index (χ3n) is 5.21. The van der Waals surface area contributed by atoms with Gasteiger partial charge in [-0.15, -0.1) is 0 Å². The third kappa shape index (κ3) is 4.10. The molecular weight excluding hydrogens is 392 g/mol. The number of rotatable bonds is 6. The molecule has 0 spiro atoms. The van der Waals surface area contributed by atoms with Crippen LogP contribution in [0, 0.1) is 5.92 Å². The quantitative estimate of drug-likeness (QED) is 0.649. The highest BCUT2D eigenvalue weighted by Crippen LogP contribution is 2.24. The third-order valence-corrected chi connectivity index (χ3v) is 7.45. The molecule has 1 aliphatic rings. The van der Waals surface area contributed by atoms with Gasteiger partial charge >= 0.3 is 0 Å². The van der Waals surface area contributed by atoms with Crippen LogP contribution in [0.1, 0.15) is 26.7 Å². The molecule has 29 heavy (non-hydrogen) atoms. The highest BCUT2D eigenvalue weighted by atomic mass is 32.2. The molecule has 10 nitrogen and oxygen atoms in total. The van der Waals surface area contributed by atoms with E-state index < -0.39 is 15.3 Å². The van der Waals surface area contributed by atoms with E-state index in [2.05, 4.69) is 25.5 Å². The first-order chi connectivity index (χ1) is 13.8. The maximum absolute atomic E-state index is 12.5. The second-order valence-corrected chi connectivity index (χ2v) is 10.3. The summed E-state index contributed by atoms with van der Waals surface area (Å²) in [5.74, 6) is 0.671. The zero-order chi connectivity index (χ0) is 20.6. The van der Waals surface area contributed by atoms with E-state index >= 15 is 0 Å². The van der Waals surface area contributed by atoms with E-state index in [1.54, 1.807) is 41.4 Å². The Hall–Kier alpha value is -2.53. The summed E-state index contributed by atoms with van der Waals surface area (Å²) in [5.41, 5.74) is 1.54. The fourth-order valence-corrected chi connectivity index (χ4v) is 5.02. The van der Waals surface area contributed by atoms with Gasteiger partial charge in [-0.25, -0.2) is 22.4 Å². The van der Waals surface area contributed by atoms with Gasteiger partial charge in [0, 0.05) is 39.1 Å². The van der Waals surface area contributed by atoms with E-state index in [9.17, 15) is 8.42 Å². The monoisotopic (exact) mass is 418 g/mol. The number of piperidine rings is 1. The Balaban J connectivity index is 1.52. The molecule has 3 aromatic heterocycles.